The lowest BCUT2D eigenvalue weighted by Gasteiger charge is -2.27. The quantitative estimate of drug-likeness (QED) is 0.797. The number of anilines is 1. The molecule has 1 aromatic heterocycles. The largest absolute Gasteiger partial charge is 0.361 e. The van der Waals surface area contributed by atoms with E-state index < -0.39 is 0 Å². The Morgan fingerprint density at radius 3 is 2.75 bits per heavy atom. The molecule has 1 heterocycles. The number of rotatable bonds is 4. The Morgan fingerprint density at radius 1 is 1.25 bits per heavy atom. The van der Waals surface area contributed by atoms with Gasteiger partial charge in [-0.15, -0.1) is 0 Å². The van der Waals surface area contributed by atoms with Gasteiger partial charge in [0.25, 0.3) is 0 Å². The summed E-state index contributed by atoms with van der Waals surface area (Å²) in [6.07, 6.45) is 6.87. The van der Waals surface area contributed by atoms with Gasteiger partial charge in [-0.2, -0.15) is 0 Å². The van der Waals surface area contributed by atoms with Crippen molar-refractivity contribution >= 4 is 38.3 Å². The fraction of sp³-hybridized carbons (Fsp3) is 0.562. The van der Waals surface area contributed by atoms with E-state index in [4.69, 9.17) is 11.6 Å². The molecule has 0 aliphatic heterocycles. The standard InChI is InChI=1S/C16H21ClN2S/c1-2-11-3-5-12(6-4-11)10-18-16-19-14-8-7-13(17)9-15(14)20-16/h7-9,11-12H,2-6,10H2,1H3,(H,18,19). The zero-order valence-corrected chi connectivity index (χ0v) is 13.4. The summed E-state index contributed by atoms with van der Waals surface area (Å²) in [5, 5.41) is 5.33. The minimum atomic E-state index is 0.783. The van der Waals surface area contributed by atoms with Crippen LogP contribution in [-0.4, -0.2) is 11.5 Å². The number of nitrogens with zero attached hydrogens (tertiary/aromatic N) is 1. The normalized spacial score (nSPS) is 23.1. The van der Waals surface area contributed by atoms with E-state index in [1.165, 1.54) is 32.1 Å². The SMILES string of the molecule is CCC1CCC(CNc2nc3ccc(Cl)cc3s2)CC1. The average Bonchev–Trinajstić information content (AvgIpc) is 2.87. The first-order valence-corrected chi connectivity index (χ1v) is 8.74. The Labute approximate surface area is 129 Å². The van der Waals surface area contributed by atoms with Crippen molar-refractivity contribution in [2.75, 3.05) is 11.9 Å². The highest BCUT2D eigenvalue weighted by atomic mass is 35.5. The fourth-order valence-electron chi connectivity index (χ4n) is 3.05. The van der Waals surface area contributed by atoms with Crippen LogP contribution in [0.4, 0.5) is 5.13 Å². The first-order chi connectivity index (χ1) is 9.74. The molecule has 1 aliphatic carbocycles. The van der Waals surface area contributed by atoms with Gasteiger partial charge in [0.15, 0.2) is 5.13 Å². The minimum Gasteiger partial charge on any atom is -0.361 e. The first kappa shape index (κ1) is 14.2. The molecular formula is C16H21ClN2S. The molecule has 0 saturated heterocycles. The molecule has 0 amide bonds. The molecule has 0 atom stereocenters. The van der Waals surface area contributed by atoms with Crippen molar-refractivity contribution in [2.24, 2.45) is 11.8 Å². The monoisotopic (exact) mass is 308 g/mol. The summed E-state index contributed by atoms with van der Waals surface area (Å²) in [6.45, 7) is 3.37. The molecule has 108 valence electrons. The number of nitrogens with one attached hydrogen (secondary N) is 1. The summed E-state index contributed by atoms with van der Waals surface area (Å²) in [7, 11) is 0. The summed E-state index contributed by atoms with van der Waals surface area (Å²) in [6, 6.07) is 5.89. The second-order valence-electron chi connectivity index (χ2n) is 5.81. The predicted molar refractivity (Wildman–Crippen MR) is 88.9 cm³/mol. The van der Waals surface area contributed by atoms with Gasteiger partial charge in [-0.25, -0.2) is 4.98 Å². The highest BCUT2D eigenvalue weighted by molar-refractivity contribution is 7.22. The molecule has 3 rings (SSSR count). The lowest BCUT2D eigenvalue weighted by atomic mass is 9.81. The van der Waals surface area contributed by atoms with Gasteiger partial charge in [0.2, 0.25) is 0 Å². The molecule has 4 heteroatoms. The van der Waals surface area contributed by atoms with Crippen molar-refractivity contribution in [2.45, 2.75) is 39.0 Å². The summed E-state index contributed by atoms with van der Waals surface area (Å²) in [4.78, 5) is 4.62. The molecule has 0 bridgehead atoms. The van der Waals surface area contributed by atoms with Crippen LogP contribution in [0.5, 0.6) is 0 Å². The van der Waals surface area contributed by atoms with Crippen LogP contribution in [0.3, 0.4) is 0 Å². The lowest BCUT2D eigenvalue weighted by molar-refractivity contribution is 0.278. The van der Waals surface area contributed by atoms with E-state index in [-0.39, 0.29) is 0 Å². The lowest BCUT2D eigenvalue weighted by Crippen LogP contribution is -2.20. The van der Waals surface area contributed by atoms with Crippen LogP contribution in [-0.2, 0) is 0 Å². The number of aromatic nitrogens is 1. The van der Waals surface area contributed by atoms with E-state index in [1.807, 2.05) is 18.2 Å². The van der Waals surface area contributed by atoms with Crippen LogP contribution in [0.1, 0.15) is 39.0 Å². The van der Waals surface area contributed by atoms with Crippen molar-refractivity contribution in [3.05, 3.63) is 23.2 Å². The molecular weight excluding hydrogens is 288 g/mol. The van der Waals surface area contributed by atoms with Gasteiger partial charge in [-0.3, -0.25) is 0 Å². The molecule has 0 radical (unpaired) electrons. The smallest absolute Gasteiger partial charge is 0.183 e. The van der Waals surface area contributed by atoms with Crippen molar-refractivity contribution in [1.82, 2.24) is 4.98 Å². The Balaban J connectivity index is 1.57. The Bertz CT molecular complexity index is 573. The third kappa shape index (κ3) is 3.26. The van der Waals surface area contributed by atoms with Crippen molar-refractivity contribution in [3.8, 4) is 0 Å². The van der Waals surface area contributed by atoms with Gasteiger partial charge in [0.05, 0.1) is 10.2 Å². The molecule has 0 spiro atoms. The number of hydrogen-bond donors (Lipinski definition) is 1. The third-order valence-electron chi connectivity index (χ3n) is 4.44. The van der Waals surface area contributed by atoms with E-state index in [0.717, 1.165) is 38.8 Å². The molecule has 1 fully saturated rings. The summed E-state index contributed by atoms with van der Waals surface area (Å²) < 4.78 is 1.16. The van der Waals surface area contributed by atoms with Gasteiger partial charge in [0.1, 0.15) is 0 Å². The van der Waals surface area contributed by atoms with Gasteiger partial charge < -0.3 is 5.32 Å². The van der Waals surface area contributed by atoms with Crippen molar-refractivity contribution in [3.63, 3.8) is 0 Å². The number of thiazole rings is 1. The van der Waals surface area contributed by atoms with Gasteiger partial charge in [0, 0.05) is 11.6 Å². The molecule has 0 unspecified atom stereocenters. The average molecular weight is 309 g/mol. The minimum absolute atomic E-state index is 0.783. The fourth-order valence-corrected chi connectivity index (χ4v) is 4.20. The number of halogens is 1. The first-order valence-electron chi connectivity index (χ1n) is 7.54. The molecule has 20 heavy (non-hydrogen) atoms. The summed E-state index contributed by atoms with van der Waals surface area (Å²) in [5.74, 6) is 1.78. The molecule has 2 nitrogen and oxygen atoms in total. The maximum atomic E-state index is 6.01. The van der Waals surface area contributed by atoms with E-state index in [1.54, 1.807) is 11.3 Å². The van der Waals surface area contributed by atoms with Crippen LogP contribution >= 0.6 is 22.9 Å². The van der Waals surface area contributed by atoms with Gasteiger partial charge in [-0.05, 0) is 42.9 Å². The molecule has 1 aromatic carbocycles. The number of benzene rings is 1. The van der Waals surface area contributed by atoms with Crippen LogP contribution < -0.4 is 5.32 Å². The Kier molecular flexibility index (Phi) is 4.47. The molecule has 1 N–H and O–H groups in total. The van der Waals surface area contributed by atoms with Crippen LogP contribution in [0.25, 0.3) is 10.2 Å². The van der Waals surface area contributed by atoms with E-state index in [0.29, 0.717) is 0 Å². The van der Waals surface area contributed by atoms with E-state index in [2.05, 4.69) is 17.2 Å². The maximum absolute atomic E-state index is 6.01. The topological polar surface area (TPSA) is 24.9 Å². The maximum Gasteiger partial charge on any atom is 0.183 e. The zero-order valence-electron chi connectivity index (χ0n) is 11.9. The number of fused-ring (bicyclic) bond motifs is 1. The van der Waals surface area contributed by atoms with Gasteiger partial charge in [-0.1, -0.05) is 49.1 Å². The van der Waals surface area contributed by atoms with Crippen molar-refractivity contribution < 1.29 is 0 Å². The van der Waals surface area contributed by atoms with Crippen LogP contribution in [0, 0.1) is 11.8 Å². The molecule has 2 aromatic rings. The van der Waals surface area contributed by atoms with Crippen molar-refractivity contribution in [1.29, 1.82) is 0 Å². The molecule has 1 saturated carbocycles. The van der Waals surface area contributed by atoms with Crippen LogP contribution in [0.15, 0.2) is 18.2 Å². The van der Waals surface area contributed by atoms with Gasteiger partial charge >= 0.3 is 0 Å². The Morgan fingerprint density at radius 2 is 2.00 bits per heavy atom. The highest BCUT2D eigenvalue weighted by Gasteiger charge is 2.19. The second kappa shape index (κ2) is 6.31. The highest BCUT2D eigenvalue weighted by Crippen LogP contribution is 2.32. The summed E-state index contributed by atoms with van der Waals surface area (Å²) in [5.41, 5.74) is 1.04. The second-order valence-corrected chi connectivity index (χ2v) is 7.27. The van der Waals surface area contributed by atoms with E-state index >= 15 is 0 Å². The third-order valence-corrected chi connectivity index (χ3v) is 5.65. The van der Waals surface area contributed by atoms with E-state index in [9.17, 15) is 0 Å². The van der Waals surface area contributed by atoms with Crippen LogP contribution in [0.2, 0.25) is 5.02 Å². The summed E-state index contributed by atoms with van der Waals surface area (Å²) >= 11 is 7.71. The number of hydrogen-bond acceptors (Lipinski definition) is 3. The zero-order chi connectivity index (χ0) is 13.9. The molecule has 1 aliphatic rings. The predicted octanol–water partition coefficient (Wildman–Crippen LogP) is 5.58. The Hall–Kier alpha value is -0.800.